The minimum atomic E-state index is 0.300. The Bertz CT molecular complexity index is 314. The Morgan fingerprint density at radius 1 is 1.30 bits per heavy atom. The SMILES string of the molecule is CCC(C)C1CN(CC2CCC3(CCCC3)O2)CCN1. The Morgan fingerprint density at radius 2 is 2.10 bits per heavy atom. The molecular formula is C17H32N2O. The summed E-state index contributed by atoms with van der Waals surface area (Å²) in [7, 11) is 0. The molecule has 2 heterocycles. The normalized spacial score (nSPS) is 35.7. The summed E-state index contributed by atoms with van der Waals surface area (Å²) in [6.07, 6.45) is 9.79. The lowest BCUT2D eigenvalue weighted by Crippen LogP contribution is -2.54. The molecule has 116 valence electrons. The molecule has 3 rings (SSSR count). The molecule has 0 aromatic carbocycles. The lowest BCUT2D eigenvalue weighted by molar-refractivity contribution is -0.0500. The molecule has 3 atom stereocenters. The summed E-state index contributed by atoms with van der Waals surface area (Å²) in [4.78, 5) is 2.64. The Kier molecular flexibility index (Phi) is 4.68. The fourth-order valence-corrected chi connectivity index (χ4v) is 4.37. The molecule has 0 aromatic rings. The van der Waals surface area contributed by atoms with E-state index in [0.29, 0.717) is 17.7 Å². The van der Waals surface area contributed by atoms with Crippen LogP contribution in [0.25, 0.3) is 0 Å². The van der Waals surface area contributed by atoms with Gasteiger partial charge in [0.15, 0.2) is 0 Å². The van der Waals surface area contributed by atoms with Gasteiger partial charge in [-0.2, -0.15) is 0 Å². The van der Waals surface area contributed by atoms with Gasteiger partial charge >= 0.3 is 0 Å². The molecule has 1 spiro atoms. The van der Waals surface area contributed by atoms with Crippen molar-refractivity contribution < 1.29 is 4.74 Å². The quantitative estimate of drug-likeness (QED) is 0.857. The zero-order chi connectivity index (χ0) is 14.0. The van der Waals surface area contributed by atoms with Gasteiger partial charge < -0.3 is 10.1 Å². The second kappa shape index (κ2) is 6.33. The van der Waals surface area contributed by atoms with E-state index in [4.69, 9.17) is 4.74 Å². The van der Waals surface area contributed by atoms with Gasteiger partial charge in [-0.05, 0) is 31.6 Å². The van der Waals surface area contributed by atoms with E-state index in [2.05, 4.69) is 24.1 Å². The van der Waals surface area contributed by atoms with Gasteiger partial charge in [0.05, 0.1) is 11.7 Å². The molecule has 3 nitrogen and oxygen atoms in total. The van der Waals surface area contributed by atoms with Crippen LogP contribution in [-0.4, -0.2) is 48.8 Å². The van der Waals surface area contributed by atoms with E-state index in [1.807, 2.05) is 0 Å². The molecule has 3 aliphatic rings. The van der Waals surface area contributed by atoms with Gasteiger partial charge in [0.1, 0.15) is 0 Å². The van der Waals surface area contributed by atoms with Crippen LogP contribution in [0.3, 0.4) is 0 Å². The molecule has 0 radical (unpaired) electrons. The molecule has 3 unspecified atom stereocenters. The van der Waals surface area contributed by atoms with E-state index in [9.17, 15) is 0 Å². The number of rotatable bonds is 4. The highest BCUT2D eigenvalue weighted by atomic mass is 16.5. The number of hydrogen-bond acceptors (Lipinski definition) is 3. The van der Waals surface area contributed by atoms with Crippen LogP contribution in [0.4, 0.5) is 0 Å². The molecule has 0 bridgehead atoms. The third-order valence-corrected chi connectivity index (χ3v) is 5.94. The molecule has 1 aliphatic carbocycles. The first-order valence-corrected chi connectivity index (χ1v) is 8.84. The van der Waals surface area contributed by atoms with Crippen molar-refractivity contribution in [3.8, 4) is 0 Å². The van der Waals surface area contributed by atoms with Crippen molar-refractivity contribution in [3.05, 3.63) is 0 Å². The van der Waals surface area contributed by atoms with Crippen LogP contribution >= 0.6 is 0 Å². The van der Waals surface area contributed by atoms with Crippen molar-refractivity contribution in [2.75, 3.05) is 26.2 Å². The molecule has 2 aliphatic heterocycles. The molecule has 0 aromatic heterocycles. The van der Waals surface area contributed by atoms with Crippen molar-refractivity contribution in [2.24, 2.45) is 5.92 Å². The average molecular weight is 280 g/mol. The summed E-state index contributed by atoms with van der Waals surface area (Å²) in [6, 6.07) is 0.676. The fourth-order valence-electron chi connectivity index (χ4n) is 4.37. The largest absolute Gasteiger partial charge is 0.370 e. The summed E-state index contributed by atoms with van der Waals surface area (Å²) >= 11 is 0. The summed E-state index contributed by atoms with van der Waals surface area (Å²) < 4.78 is 6.47. The summed E-state index contributed by atoms with van der Waals surface area (Å²) in [5.74, 6) is 0.781. The zero-order valence-electron chi connectivity index (χ0n) is 13.4. The maximum atomic E-state index is 6.47. The van der Waals surface area contributed by atoms with Gasteiger partial charge in [-0.3, -0.25) is 4.90 Å². The van der Waals surface area contributed by atoms with E-state index in [1.165, 1.54) is 58.0 Å². The van der Waals surface area contributed by atoms with E-state index >= 15 is 0 Å². The number of nitrogens with one attached hydrogen (secondary N) is 1. The molecule has 2 saturated heterocycles. The van der Waals surface area contributed by atoms with Crippen LogP contribution in [0.1, 0.15) is 58.8 Å². The lowest BCUT2D eigenvalue weighted by Gasteiger charge is -2.37. The Balaban J connectivity index is 1.48. The van der Waals surface area contributed by atoms with Crippen LogP contribution < -0.4 is 5.32 Å². The Hall–Kier alpha value is -0.120. The van der Waals surface area contributed by atoms with Crippen LogP contribution in [0.15, 0.2) is 0 Å². The highest BCUT2D eigenvalue weighted by Crippen LogP contribution is 2.43. The monoisotopic (exact) mass is 280 g/mol. The molecule has 1 saturated carbocycles. The van der Waals surface area contributed by atoms with Crippen LogP contribution in [0, 0.1) is 5.92 Å². The topological polar surface area (TPSA) is 24.5 Å². The van der Waals surface area contributed by atoms with Gasteiger partial charge in [0.2, 0.25) is 0 Å². The van der Waals surface area contributed by atoms with E-state index in [1.54, 1.807) is 0 Å². The smallest absolute Gasteiger partial charge is 0.0710 e. The lowest BCUT2D eigenvalue weighted by atomic mass is 9.96. The van der Waals surface area contributed by atoms with Crippen molar-refractivity contribution in [1.29, 1.82) is 0 Å². The third kappa shape index (κ3) is 3.20. The van der Waals surface area contributed by atoms with Crippen molar-refractivity contribution in [3.63, 3.8) is 0 Å². The van der Waals surface area contributed by atoms with Gasteiger partial charge in [-0.15, -0.1) is 0 Å². The van der Waals surface area contributed by atoms with E-state index < -0.39 is 0 Å². The summed E-state index contributed by atoms with van der Waals surface area (Å²) in [5.41, 5.74) is 0.300. The zero-order valence-corrected chi connectivity index (χ0v) is 13.4. The number of ether oxygens (including phenoxy) is 1. The minimum absolute atomic E-state index is 0.300. The first-order valence-electron chi connectivity index (χ1n) is 8.84. The van der Waals surface area contributed by atoms with Crippen molar-refractivity contribution >= 4 is 0 Å². The molecule has 3 heteroatoms. The molecular weight excluding hydrogens is 248 g/mol. The Labute approximate surface area is 124 Å². The minimum Gasteiger partial charge on any atom is -0.370 e. The fraction of sp³-hybridized carbons (Fsp3) is 1.00. The first kappa shape index (κ1) is 14.8. The van der Waals surface area contributed by atoms with Crippen LogP contribution in [-0.2, 0) is 4.74 Å². The van der Waals surface area contributed by atoms with E-state index in [-0.39, 0.29) is 0 Å². The second-order valence-corrected chi connectivity index (χ2v) is 7.37. The van der Waals surface area contributed by atoms with Gasteiger partial charge in [0, 0.05) is 32.2 Å². The second-order valence-electron chi connectivity index (χ2n) is 7.37. The van der Waals surface area contributed by atoms with Gasteiger partial charge in [-0.25, -0.2) is 0 Å². The maximum Gasteiger partial charge on any atom is 0.0710 e. The van der Waals surface area contributed by atoms with E-state index in [0.717, 1.165) is 19.0 Å². The standard InChI is InChI=1S/C17H32N2O/c1-3-14(2)16-13-19(11-10-18-16)12-15-6-9-17(20-15)7-4-5-8-17/h14-16,18H,3-13H2,1-2H3. The van der Waals surface area contributed by atoms with Crippen molar-refractivity contribution in [2.45, 2.75) is 76.5 Å². The predicted octanol–water partition coefficient (Wildman–Crippen LogP) is 2.80. The predicted molar refractivity (Wildman–Crippen MR) is 83.0 cm³/mol. The number of nitrogens with zero attached hydrogens (tertiary/aromatic N) is 1. The summed E-state index contributed by atoms with van der Waals surface area (Å²) in [6.45, 7) is 9.39. The number of hydrogen-bond donors (Lipinski definition) is 1. The third-order valence-electron chi connectivity index (χ3n) is 5.94. The highest BCUT2D eigenvalue weighted by molar-refractivity contribution is 4.94. The number of piperazine rings is 1. The maximum absolute atomic E-state index is 6.47. The highest BCUT2D eigenvalue weighted by Gasteiger charge is 2.42. The van der Waals surface area contributed by atoms with Crippen LogP contribution in [0.5, 0.6) is 0 Å². The van der Waals surface area contributed by atoms with Crippen LogP contribution in [0.2, 0.25) is 0 Å². The van der Waals surface area contributed by atoms with Gasteiger partial charge in [-0.1, -0.05) is 33.1 Å². The molecule has 3 fully saturated rings. The Morgan fingerprint density at radius 3 is 2.85 bits per heavy atom. The summed E-state index contributed by atoms with van der Waals surface area (Å²) in [5, 5.41) is 3.69. The molecule has 20 heavy (non-hydrogen) atoms. The average Bonchev–Trinajstić information content (AvgIpc) is 3.09. The van der Waals surface area contributed by atoms with Crippen molar-refractivity contribution in [1.82, 2.24) is 10.2 Å². The van der Waals surface area contributed by atoms with Gasteiger partial charge in [0.25, 0.3) is 0 Å². The first-order chi connectivity index (χ1) is 9.71. The molecule has 1 N–H and O–H groups in total. The molecule has 0 amide bonds.